The van der Waals surface area contributed by atoms with E-state index in [-0.39, 0.29) is 11.0 Å². The minimum Gasteiger partial charge on any atom is -0.377 e. The van der Waals surface area contributed by atoms with Crippen LogP contribution in [0.3, 0.4) is 0 Å². The van der Waals surface area contributed by atoms with Crippen molar-refractivity contribution in [2.45, 2.75) is 44.9 Å². The van der Waals surface area contributed by atoms with Crippen molar-refractivity contribution in [2.75, 3.05) is 20.2 Å². The van der Waals surface area contributed by atoms with Crippen LogP contribution < -0.4 is 5.73 Å². The predicted molar refractivity (Wildman–Crippen MR) is 81.6 cm³/mol. The number of aromatic nitrogens is 1. The first-order valence-corrected chi connectivity index (χ1v) is 8.35. The molecule has 0 aromatic carbocycles. The lowest BCUT2D eigenvalue weighted by Gasteiger charge is -2.67. The SMILES string of the molecule is CN(Cc1cscn1)CC1(N)C2CCCOC2C1(C)C. The van der Waals surface area contributed by atoms with Crippen LogP contribution in [-0.4, -0.2) is 41.7 Å². The number of hydrogen-bond acceptors (Lipinski definition) is 5. The van der Waals surface area contributed by atoms with Gasteiger partial charge < -0.3 is 10.5 Å². The lowest BCUT2D eigenvalue weighted by Crippen LogP contribution is -2.80. The summed E-state index contributed by atoms with van der Waals surface area (Å²) in [6.07, 6.45) is 2.69. The van der Waals surface area contributed by atoms with Crippen molar-refractivity contribution in [1.29, 1.82) is 0 Å². The molecule has 0 spiro atoms. The van der Waals surface area contributed by atoms with Crippen LogP contribution in [0.5, 0.6) is 0 Å². The first kappa shape index (κ1) is 14.4. The number of likely N-dealkylation sites (N-methyl/N-ethyl adjacent to an activating group) is 1. The van der Waals surface area contributed by atoms with E-state index in [1.54, 1.807) is 11.3 Å². The van der Waals surface area contributed by atoms with E-state index in [1.807, 2.05) is 5.51 Å². The summed E-state index contributed by atoms with van der Waals surface area (Å²) in [4.78, 5) is 6.67. The molecule has 1 aliphatic heterocycles. The van der Waals surface area contributed by atoms with Crippen LogP contribution in [-0.2, 0) is 11.3 Å². The van der Waals surface area contributed by atoms with Crippen molar-refractivity contribution in [3.05, 3.63) is 16.6 Å². The van der Waals surface area contributed by atoms with Crippen LogP contribution >= 0.6 is 11.3 Å². The Morgan fingerprint density at radius 3 is 3.05 bits per heavy atom. The Morgan fingerprint density at radius 1 is 1.55 bits per heavy atom. The molecule has 1 aromatic heterocycles. The number of nitrogens with zero attached hydrogens (tertiary/aromatic N) is 2. The Labute approximate surface area is 125 Å². The fourth-order valence-corrected chi connectivity index (χ4v) is 4.63. The highest BCUT2D eigenvalue weighted by atomic mass is 32.1. The maximum absolute atomic E-state index is 6.83. The van der Waals surface area contributed by atoms with Gasteiger partial charge in [0.05, 0.1) is 17.3 Å². The van der Waals surface area contributed by atoms with Crippen molar-refractivity contribution in [2.24, 2.45) is 17.1 Å². The molecule has 0 bridgehead atoms. The molecule has 5 heteroatoms. The van der Waals surface area contributed by atoms with Gasteiger partial charge in [0, 0.05) is 41.9 Å². The molecule has 3 rings (SSSR count). The van der Waals surface area contributed by atoms with E-state index in [9.17, 15) is 0 Å². The van der Waals surface area contributed by atoms with E-state index in [2.05, 4.69) is 36.2 Å². The van der Waals surface area contributed by atoms with Gasteiger partial charge in [-0.25, -0.2) is 4.98 Å². The van der Waals surface area contributed by atoms with Crippen LogP contribution in [0.2, 0.25) is 0 Å². The van der Waals surface area contributed by atoms with E-state index < -0.39 is 0 Å². The third kappa shape index (κ3) is 2.11. The molecule has 1 saturated carbocycles. The molecule has 112 valence electrons. The average molecular weight is 295 g/mol. The maximum atomic E-state index is 6.83. The molecule has 1 saturated heterocycles. The summed E-state index contributed by atoms with van der Waals surface area (Å²) >= 11 is 1.65. The number of nitrogens with two attached hydrogens (primary N) is 1. The van der Waals surface area contributed by atoms with E-state index in [1.165, 1.54) is 6.42 Å². The molecule has 0 radical (unpaired) electrons. The highest BCUT2D eigenvalue weighted by molar-refractivity contribution is 7.07. The average Bonchev–Trinajstić information content (AvgIpc) is 2.91. The van der Waals surface area contributed by atoms with Gasteiger partial charge in [-0.3, -0.25) is 4.90 Å². The fraction of sp³-hybridized carbons (Fsp3) is 0.800. The summed E-state index contributed by atoms with van der Waals surface area (Å²) in [6.45, 7) is 7.19. The second-order valence-corrected chi connectivity index (χ2v) is 7.67. The lowest BCUT2D eigenvalue weighted by molar-refractivity contribution is -0.231. The number of rotatable bonds is 4. The van der Waals surface area contributed by atoms with Gasteiger partial charge in [0.25, 0.3) is 0 Å². The molecule has 3 unspecified atom stereocenters. The lowest BCUT2D eigenvalue weighted by atomic mass is 9.46. The van der Waals surface area contributed by atoms with Crippen LogP contribution in [0.25, 0.3) is 0 Å². The quantitative estimate of drug-likeness (QED) is 0.924. The Balaban J connectivity index is 1.68. The van der Waals surface area contributed by atoms with Gasteiger partial charge >= 0.3 is 0 Å². The number of hydrogen-bond donors (Lipinski definition) is 1. The normalized spacial score (nSPS) is 35.6. The third-order valence-electron chi connectivity index (χ3n) is 5.34. The predicted octanol–water partition coefficient (Wildman–Crippen LogP) is 2.11. The smallest absolute Gasteiger partial charge is 0.0795 e. The molecule has 2 N–H and O–H groups in total. The van der Waals surface area contributed by atoms with Crippen LogP contribution in [0.4, 0.5) is 0 Å². The van der Waals surface area contributed by atoms with Gasteiger partial charge in [-0.15, -0.1) is 11.3 Å². The van der Waals surface area contributed by atoms with Crippen LogP contribution in [0, 0.1) is 11.3 Å². The third-order valence-corrected chi connectivity index (χ3v) is 5.98. The minimum absolute atomic E-state index is 0.0500. The van der Waals surface area contributed by atoms with E-state index >= 15 is 0 Å². The van der Waals surface area contributed by atoms with Gasteiger partial charge in [-0.2, -0.15) is 0 Å². The summed E-state index contributed by atoms with van der Waals surface area (Å²) in [6, 6.07) is 0. The van der Waals surface area contributed by atoms with Crippen molar-refractivity contribution in [3.8, 4) is 0 Å². The highest BCUT2D eigenvalue weighted by Gasteiger charge is 2.66. The van der Waals surface area contributed by atoms with Crippen LogP contribution in [0.1, 0.15) is 32.4 Å². The van der Waals surface area contributed by atoms with E-state index in [4.69, 9.17) is 10.5 Å². The second-order valence-electron chi connectivity index (χ2n) is 6.95. The number of ether oxygens (including phenoxy) is 1. The zero-order chi connectivity index (χ0) is 14.4. The molecular formula is C15H25N3OS. The monoisotopic (exact) mass is 295 g/mol. The van der Waals surface area contributed by atoms with Crippen LogP contribution in [0.15, 0.2) is 10.9 Å². The van der Waals surface area contributed by atoms with Gasteiger partial charge in [-0.1, -0.05) is 13.8 Å². The summed E-state index contributed by atoms with van der Waals surface area (Å²) in [5.41, 5.74) is 9.75. The van der Waals surface area contributed by atoms with E-state index in [0.29, 0.717) is 12.0 Å². The molecule has 3 atom stereocenters. The molecule has 2 fully saturated rings. The summed E-state index contributed by atoms with van der Waals surface area (Å²) in [5.74, 6) is 0.504. The van der Waals surface area contributed by atoms with E-state index in [0.717, 1.165) is 31.8 Å². The second kappa shape index (κ2) is 5.05. The molecule has 20 heavy (non-hydrogen) atoms. The molecule has 1 aromatic rings. The number of fused-ring (bicyclic) bond motifs is 1. The zero-order valence-electron chi connectivity index (χ0n) is 12.6. The van der Waals surface area contributed by atoms with Gasteiger partial charge in [0.2, 0.25) is 0 Å². The first-order valence-electron chi connectivity index (χ1n) is 7.41. The van der Waals surface area contributed by atoms with Crippen molar-refractivity contribution < 1.29 is 4.74 Å². The fourth-order valence-electron chi connectivity index (χ4n) is 4.08. The molecule has 1 aliphatic carbocycles. The molecular weight excluding hydrogens is 270 g/mol. The molecule has 2 aliphatic rings. The van der Waals surface area contributed by atoms with Crippen molar-refractivity contribution in [1.82, 2.24) is 9.88 Å². The Hall–Kier alpha value is -0.490. The largest absolute Gasteiger partial charge is 0.377 e. The summed E-state index contributed by atoms with van der Waals surface area (Å²) < 4.78 is 5.97. The zero-order valence-corrected chi connectivity index (χ0v) is 13.4. The number of thiazole rings is 1. The standard InChI is InChI=1S/C15H25N3OS/c1-14(2)13-12(5-4-6-19-13)15(14,16)9-18(3)7-11-8-20-10-17-11/h8,10,12-13H,4-7,9,16H2,1-3H3. The minimum atomic E-state index is -0.150. The van der Waals surface area contributed by atoms with Gasteiger partial charge in [-0.05, 0) is 19.9 Å². The molecule has 4 nitrogen and oxygen atoms in total. The Kier molecular flexibility index (Phi) is 3.65. The molecule has 2 heterocycles. The topological polar surface area (TPSA) is 51.4 Å². The summed E-state index contributed by atoms with van der Waals surface area (Å²) in [5, 5.41) is 2.11. The Morgan fingerprint density at radius 2 is 2.35 bits per heavy atom. The van der Waals surface area contributed by atoms with Crippen molar-refractivity contribution in [3.63, 3.8) is 0 Å². The first-order chi connectivity index (χ1) is 9.45. The molecule has 0 amide bonds. The van der Waals surface area contributed by atoms with Gasteiger partial charge in [0.1, 0.15) is 0 Å². The van der Waals surface area contributed by atoms with Crippen molar-refractivity contribution >= 4 is 11.3 Å². The Bertz CT molecular complexity index is 462. The maximum Gasteiger partial charge on any atom is 0.0795 e. The summed E-state index contributed by atoms with van der Waals surface area (Å²) in [7, 11) is 2.14. The highest BCUT2D eigenvalue weighted by Crippen LogP contribution is 2.57. The van der Waals surface area contributed by atoms with Gasteiger partial charge in [0.15, 0.2) is 0 Å².